The lowest BCUT2D eigenvalue weighted by Crippen LogP contribution is -2.40. The highest BCUT2D eigenvalue weighted by atomic mass is 32.2. The van der Waals surface area contributed by atoms with Crippen LogP contribution in [0.4, 0.5) is 11.4 Å². The molecule has 0 saturated carbocycles. The Balaban J connectivity index is 1.72. The van der Waals surface area contributed by atoms with Crippen molar-refractivity contribution in [2.75, 3.05) is 10.6 Å². The normalized spacial score (nSPS) is 12.7. The fourth-order valence-corrected chi connectivity index (χ4v) is 5.64. The number of hydrogen-bond donors (Lipinski definition) is 5. The second kappa shape index (κ2) is 11.8. The van der Waals surface area contributed by atoms with Gasteiger partial charge in [-0.2, -0.15) is 0 Å². The van der Waals surface area contributed by atoms with Gasteiger partial charge >= 0.3 is 0 Å². The molecular weight excluding hydrogens is 498 g/mol. The summed E-state index contributed by atoms with van der Waals surface area (Å²) in [6.45, 7) is 9.47. The molecule has 0 aromatic heterocycles. The van der Waals surface area contributed by atoms with Gasteiger partial charge in [0.1, 0.15) is 5.84 Å². The summed E-state index contributed by atoms with van der Waals surface area (Å²) in [5.41, 5.74) is 8.33. The summed E-state index contributed by atoms with van der Waals surface area (Å²) < 4.78 is 28.7. The Hall–Kier alpha value is -3.69. The largest absolute Gasteiger partial charge is 0.384 e. The molecule has 1 atom stereocenters. The summed E-state index contributed by atoms with van der Waals surface area (Å²) >= 11 is 0. The Morgan fingerprint density at radius 3 is 2.21 bits per heavy atom. The second-order valence-electron chi connectivity index (χ2n) is 10.7. The fourth-order valence-electron chi connectivity index (χ4n) is 3.99. The SMILES string of the molecule is CC(C)[C@@H](CC(=O)Nc1ccc(-c2ccccc2S(=O)(=O)NC(C)(C)C)cc1)Nc1cccc(C(=N)N)c1. The van der Waals surface area contributed by atoms with Gasteiger partial charge in [0.05, 0.1) is 4.90 Å². The van der Waals surface area contributed by atoms with Gasteiger partial charge in [-0.25, -0.2) is 13.1 Å². The highest BCUT2D eigenvalue weighted by molar-refractivity contribution is 7.89. The Bertz CT molecular complexity index is 1390. The first-order valence-electron chi connectivity index (χ1n) is 12.5. The molecule has 0 aliphatic heterocycles. The summed E-state index contributed by atoms with van der Waals surface area (Å²) in [5, 5.41) is 14.0. The summed E-state index contributed by atoms with van der Waals surface area (Å²) in [7, 11) is -3.73. The zero-order chi connectivity index (χ0) is 28.1. The van der Waals surface area contributed by atoms with Crippen LogP contribution >= 0.6 is 0 Å². The average Bonchev–Trinajstić information content (AvgIpc) is 2.83. The van der Waals surface area contributed by atoms with Gasteiger partial charge in [0.25, 0.3) is 0 Å². The number of rotatable bonds is 10. The summed E-state index contributed by atoms with van der Waals surface area (Å²) in [6, 6.07) is 21.1. The van der Waals surface area contributed by atoms with Crippen LogP contribution in [0.5, 0.6) is 0 Å². The Kier molecular flexibility index (Phi) is 8.96. The highest BCUT2D eigenvalue weighted by Gasteiger charge is 2.25. The third kappa shape index (κ3) is 7.90. The van der Waals surface area contributed by atoms with E-state index in [1.165, 1.54) is 0 Å². The topological polar surface area (TPSA) is 137 Å². The molecule has 202 valence electrons. The van der Waals surface area contributed by atoms with E-state index >= 15 is 0 Å². The highest BCUT2D eigenvalue weighted by Crippen LogP contribution is 2.29. The molecule has 3 aromatic rings. The molecule has 0 unspecified atom stereocenters. The van der Waals surface area contributed by atoms with Crippen molar-refractivity contribution in [1.82, 2.24) is 4.72 Å². The van der Waals surface area contributed by atoms with Gasteiger partial charge in [-0.1, -0.05) is 56.3 Å². The molecule has 0 bridgehead atoms. The first-order valence-corrected chi connectivity index (χ1v) is 14.0. The van der Waals surface area contributed by atoms with Gasteiger partial charge < -0.3 is 16.4 Å². The van der Waals surface area contributed by atoms with Gasteiger partial charge in [0.15, 0.2) is 0 Å². The third-order valence-corrected chi connectivity index (χ3v) is 7.65. The molecule has 3 rings (SSSR count). The van der Waals surface area contributed by atoms with E-state index in [0.717, 1.165) is 11.3 Å². The molecule has 0 aliphatic carbocycles. The lowest BCUT2D eigenvalue weighted by atomic mass is 9.99. The zero-order valence-electron chi connectivity index (χ0n) is 22.5. The van der Waals surface area contributed by atoms with Crippen molar-refractivity contribution >= 4 is 33.1 Å². The number of hydrogen-bond acceptors (Lipinski definition) is 5. The van der Waals surface area contributed by atoms with Crippen LogP contribution in [0.1, 0.15) is 46.6 Å². The van der Waals surface area contributed by atoms with Crippen molar-refractivity contribution < 1.29 is 13.2 Å². The number of carbonyl (C=O) groups is 1. The van der Waals surface area contributed by atoms with E-state index in [2.05, 4.69) is 15.4 Å². The van der Waals surface area contributed by atoms with Crippen molar-refractivity contribution in [3.05, 3.63) is 78.4 Å². The molecule has 0 saturated heterocycles. The van der Waals surface area contributed by atoms with E-state index in [0.29, 0.717) is 16.8 Å². The van der Waals surface area contributed by atoms with Crippen molar-refractivity contribution in [2.24, 2.45) is 11.7 Å². The smallest absolute Gasteiger partial charge is 0.241 e. The lowest BCUT2D eigenvalue weighted by Gasteiger charge is -2.23. The predicted molar refractivity (Wildman–Crippen MR) is 155 cm³/mol. The van der Waals surface area contributed by atoms with Gasteiger partial charge in [-0.05, 0) is 62.6 Å². The van der Waals surface area contributed by atoms with Crippen molar-refractivity contribution in [2.45, 2.75) is 57.5 Å². The number of nitrogen functional groups attached to an aromatic ring is 1. The molecule has 38 heavy (non-hydrogen) atoms. The number of carbonyl (C=O) groups excluding carboxylic acids is 1. The van der Waals surface area contributed by atoms with E-state index in [-0.39, 0.29) is 35.0 Å². The molecule has 0 radical (unpaired) electrons. The molecule has 1 amide bonds. The molecule has 0 heterocycles. The number of benzene rings is 3. The second-order valence-corrected chi connectivity index (χ2v) is 12.3. The molecule has 9 heteroatoms. The maximum absolute atomic E-state index is 13.0. The van der Waals surface area contributed by atoms with Gasteiger partial charge in [0.2, 0.25) is 15.9 Å². The number of anilines is 2. The minimum atomic E-state index is -3.73. The quantitative estimate of drug-likeness (QED) is 0.180. The van der Waals surface area contributed by atoms with Crippen LogP contribution in [0.15, 0.2) is 77.7 Å². The van der Waals surface area contributed by atoms with E-state index in [4.69, 9.17) is 11.1 Å². The minimum Gasteiger partial charge on any atom is -0.384 e. The monoisotopic (exact) mass is 535 g/mol. The van der Waals surface area contributed by atoms with Crippen LogP contribution in [-0.2, 0) is 14.8 Å². The maximum atomic E-state index is 13.0. The van der Waals surface area contributed by atoms with E-state index in [1.54, 1.807) is 81.4 Å². The van der Waals surface area contributed by atoms with Crippen LogP contribution in [0.2, 0.25) is 0 Å². The van der Waals surface area contributed by atoms with Gasteiger partial charge in [-0.15, -0.1) is 0 Å². The molecule has 3 aromatic carbocycles. The van der Waals surface area contributed by atoms with Crippen molar-refractivity contribution in [3.63, 3.8) is 0 Å². The molecule has 0 fully saturated rings. The minimum absolute atomic E-state index is 0.0124. The van der Waals surface area contributed by atoms with E-state index in [9.17, 15) is 13.2 Å². The average molecular weight is 536 g/mol. The Labute approximate surface area is 225 Å². The summed E-state index contributed by atoms with van der Waals surface area (Å²) in [4.78, 5) is 13.1. The van der Waals surface area contributed by atoms with Crippen LogP contribution < -0.4 is 21.1 Å². The number of nitrogens with one attached hydrogen (secondary N) is 4. The maximum Gasteiger partial charge on any atom is 0.241 e. The third-order valence-electron chi connectivity index (χ3n) is 5.83. The van der Waals surface area contributed by atoms with E-state index < -0.39 is 15.6 Å². The predicted octanol–water partition coefficient (Wildman–Crippen LogP) is 5.18. The van der Waals surface area contributed by atoms with Crippen molar-refractivity contribution in [1.29, 1.82) is 5.41 Å². The number of nitrogens with two attached hydrogens (primary N) is 1. The Morgan fingerprint density at radius 2 is 1.61 bits per heavy atom. The standard InChI is InChI=1S/C29H37N5O3S/c1-19(2)25(32-23-10-8-9-21(17-23)28(30)31)18-27(35)33-22-15-13-20(14-16-22)24-11-6-7-12-26(24)38(36,37)34-29(3,4)5/h6-17,19,25,32,34H,18H2,1-5H3,(H3,30,31)(H,33,35)/t25-/m1/s1. The summed E-state index contributed by atoms with van der Waals surface area (Å²) in [5.74, 6) is 0.00919. The van der Waals surface area contributed by atoms with Crippen LogP contribution in [0, 0.1) is 11.3 Å². The molecular formula is C29H37N5O3S. The van der Waals surface area contributed by atoms with Crippen LogP contribution in [0.3, 0.4) is 0 Å². The number of amides is 1. The van der Waals surface area contributed by atoms with Crippen molar-refractivity contribution in [3.8, 4) is 11.1 Å². The molecule has 6 N–H and O–H groups in total. The first-order chi connectivity index (χ1) is 17.7. The molecule has 0 spiro atoms. The lowest BCUT2D eigenvalue weighted by molar-refractivity contribution is -0.116. The van der Waals surface area contributed by atoms with E-state index in [1.807, 2.05) is 26.0 Å². The zero-order valence-corrected chi connectivity index (χ0v) is 23.3. The van der Waals surface area contributed by atoms with Gasteiger partial charge in [-0.3, -0.25) is 10.2 Å². The Morgan fingerprint density at radius 1 is 0.947 bits per heavy atom. The van der Waals surface area contributed by atoms with Crippen LogP contribution in [-0.4, -0.2) is 31.7 Å². The van der Waals surface area contributed by atoms with Gasteiger partial charge in [0, 0.05) is 40.5 Å². The first kappa shape index (κ1) is 28.9. The fraction of sp³-hybridized carbons (Fsp3) is 0.310. The van der Waals surface area contributed by atoms with Crippen LogP contribution in [0.25, 0.3) is 11.1 Å². The number of amidine groups is 1. The molecule has 0 aliphatic rings. The molecule has 8 nitrogen and oxygen atoms in total. The number of sulfonamides is 1. The summed E-state index contributed by atoms with van der Waals surface area (Å²) in [6.07, 6.45) is 0.239.